The van der Waals surface area contributed by atoms with Gasteiger partial charge in [-0.1, -0.05) is 99.7 Å². The number of amides is 1. The molecule has 0 saturated carbocycles. The molecular formula is C33H24BrN5O3S2. The lowest BCUT2D eigenvalue weighted by Crippen LogP contribution is -2.29. The van der Waals surface area contributed by atoms with E-state index in [2.05, 4.69) is 55.4 Å². The molecule has 44 heavy (non-hydrogen) atoms. The number of imidazole rings is 1. The zero-order valence-corrected chi connectivity index (χ0v) is 26.8. The maximum Gasteiger partial charge on any atom is 0.301 e. The van der Waals surface area contributed by atoms with E-state index in [1.165, 1.54) is 38.9 Å². The predicted octanol–water partition coefficient (Wildman–Crippen LogP) is 7.64. The van der Waals surface area contributed by atoms with Crippen molar-refractivity contribution in [1.82, 2.24) is 19.6 Å². The first-order valence-corrected chi connectivity index (χ1v) is 16.4. The normalized spacial score (nSPS) is 16.4. The second-order valence-electron chi connectivity index (χ2n) is 10.4. The highest BCUT2D eigenvalue weighted by molar-refractivity contribution is 9.10. The van der Waals surface area contributed by atoms with Crippen molar-refractivity contribution in [3.8, 4) is 0 Å². The van der Waals surface area contributed by atoms with Gasteiger partial charge in [-0.15, -0.1) is 10.2 Å². The van der Waals surface area contributed by atoms with Crippen LogP contribution >= 0.6 is 39.0 Å². The van der Waals surface area contributed by atoms with E-state index in [0.717, 1.165) is 15.4 Å². The molecule has 3 aromatic carbocycles. The van der Waals surface area contributed by atoms with E-state index in [1.807, 2.05) is 79.0 Å². The third-order valence-electron chi connectivity index (χ3n) is 7.77. The Bertz CT molecular complexity index is 2130. The van der Waals surface area contributed by atoms with Gasteiger partial charge >= 0.3 is 5.91 Å². The van der Waals surface area contributed by atoms with Gasteiger partial charge in [-0.05, 0) is 59.5 Å². The van der Waals surface area contributed by atoms with Gasteiger partial charge in [0.25, 0.3) is 5.78 Å². The number of benzene rings is 3. The monoisotopic (exact) mass is 681 g/mol. The highest BCUT2D eigenvalue weighted by Gasteiger charge is 2.48. The first-order chi connectivity index (χ1) is 21.3. The Hall–Kier alpha value is -4.32. The summed E-state index contributed by atoms with van der Waals surface area (Å²) in [4.78, 5) is 33.4. The van der Waals surface area contributed by atoms with E-state index >= 15 is 0 Å². The van der Waals surface area contributed by atoms with Crippen LogP contribution in [-0.4, -0.2) is 36.4 Å². The van der Waals surface area contributed by atoms with Crippen LogP contribution in [0.1, 0.15) is 34.1 Å². The number of hydrogen-bond donors (Lipinski definition) is 1. The lowest BCUT2D eigenvalue weighted by atomic mass is 9.96. The third kappa shape index (κ3) is 4.81. The number of thioether (sulfide) groups is 1. The first kappa shape index (κ1) is 28.5. The maximum atomic E-state index is 13.7. The summed E-state index contributed by atoms with van der Waals surface area (Å²) in [5.74, 6) is -1.24. The Labute approximate surface area is 269 Å². The SMILES string of the molecule is Cc1cccn2c(C)c(C(O)=C3C(=O)C(=O)N(c4nnc(SCc5cccc6ccccc56)s4)C3c3ccc(Br)cc3)nc12. The zero-order valence-electron chi connectivity index (χ0n) is 23.6. The average Bonchev–Trinajstić information content (AvgIpc) is 3.71. The highest BCUT2D eigenvalue weighted by atomic mass is 79.9. The molecule has 1 atom stereocenters. The summed E-state index contributed by atoms with van der Waals surface area (Å²) in [5.41, 5.74) is 4.26. The molecule has 1 N–H and O–H groups in total. The molecule has 1 aliphatic rings. The predicted molar refractivity (Wildman–Crippen MR) is 177 cm³/mol. The van der Waals surface area contributed by atoms with Crippen molar-refractivity contribution in [3.05, 3.63) is 123 Å². The number of anilines is 1. The fourth-order valence-corrected chi connectivity index (χ4v) is 7.72. The maximum absolute atomic E-state index is 13.7. The molecule has 0 spiro atoms. The van der Waals surface area contributed by atoms with Crippen LogP contribution in [0.2, 0.25) is 0 Å². The zero-order chi connectivity index (χ0) is 30.5. The molecule has 1 amide bonds. The number of halogens is 1. The Morgan fingerprint density at radius 2 is 1.75 bits per heavy atom. The molecule has 0 aliphatic carbocycles. The number of ketones is 1. The van der Waals surface area contributed by atoms with Gasteiger partial charge in [-0.3, -0.25) is 14.5 Å². The van der Waals surface area contributed by atoms with Gasteiger partial charge in [0, 0.05) is 16.4 Å². The quantitative estimate of drug-likeness (QED) is 0.0634. The van der Waals surface area contributed by atoms with Crippen molar-refractivity contribution < 1.29 is 14.7 Å². The van der Waals surface area contributed by atoms with Gasteiger partial charge in [0.2, 0.25) is 5.13 Å². The molecule has 6 aromatic rings. The number of carbonyl (C=O) groups excluding carboxylic acids is 2. The molecule has 218 valence electrons. The molecule has 4 heterocycles. The number of aliphatic hydroxyl groups excluding tert-OH is 1. The molecule has 0 radical (unpaired) electrons. The number of hydrogen-bond acceptors (Lipinski definition) is 8. The van der Waals surface area contributed by atoms with Crippen LogP contribution in [0.4, 0.5) is 5.13 Å². The number of rotatable bonds is 6. The smallest absolute Gasteiger partial charge is 0.301 e. The average molecular weight is 683 g/mol. The largest absolute Gasteiger partial charge is 0.505 e. The van der Waals surface area contributed by atoms with Crippen molar-refractivity contribution in [3.63, 3.8) is 0 Å². The van der Waals surface area contributed by atoms with Gasteiger partial charge in [0.1, 0.15) is 11.3 Å². The van der Waals surface area contributed by atoms with Crippen molar-refractivity contribution in [2.75, 3.05) is 4.90 Å². The Balaban J connectivity index is 1.29. The summed E-state index contributed by atoms with van der Waals surface area (Å²) >= 11 is 6.23. The molecule has 11 heteroatoms. The second-order valence-corrected chi connectivity index (χ2v) is 13.5. The van der Waals surface area contributed by atoms with Crippen LogP contribution in [0.5, 0.6) is 0 Å². The highest BCUT2D eigenvalue weighted by Crippen LogP contribution is 2.44. The van der Waals surface area contributed by atoms with E-state index in [0.29, 0.717) is 27.0 Å². The number of aromatic nitrogens is 4. The van der Waals surface area contributed by atoms with Crippen molar-refractivity contribution in [2.24, 2.45) is 0 Å². The lowest BCUT2D eigenvalue weighted by Gasteiger charge is -2.22. The van der Waals surface area contributed by atoms with Gasteiger partial charge in [0.15, 0.2) is 10.1 Å². The number of Topliss-reactive ketones (excluding diaryl/α,β-unsaturated/α-hetero) is 1. The van der Waals surface area contributed by atoms with Crippen molar-refractivity contribution in [2.45, 2.75) is 30.0 Å². The fraction of sp³-hybridized carbons (Fsp3) is 0.121. The van der Waals surface area contributed by atoms with E-state index in [-0.39, 0.29) is 22.2 Å². The van der Waals surface area contributed by atoms with Crippen molar-refractivity contribution >= 4 is 78.0 Å². The van der Waals surface area contributed by atoms with Crippen LogP contribution in [-0.2, 0) is 15.3 Å². The summed E-state index contributed by atoms with van der Waals surface area (Å²) in [7, 11) is 0. The molecule has 1 aliphatic heterocycles. The van der Waals surface area contributed by atoms with Crippen molar-refractivity contribution in [1.29, 1.82) is 0 Å². The van der Waals surface area contributed by atoms with E-state index in [1.54, 1.807) is 0 Å². The van der Waals surface area contributed by atoms with Gasteiger partial charge in [0.05, 0.1) is 17.3 Å². The Morgan fingerprint density at radius 3 is 2.55 bits per heavy atom. The van der Waals surface area contributed by atoms with Gasteiger partial charge < -0.3 is 9.51 Å². The number of carbonyl (C=O) groups is 2. The van der Waals surface area contributed by atoms with Crippen LogP contribution in [0, 0.1) is 13.8 Å². The first-order valence-electron chi connectivity index (χ1n) is 13.8. The summed E-state index contributed by atoms with van der Waals surface area (Å²) in [6.07, 6.45) is 1.85. The number of fused-ring (bicyclic) bond motifs is 2. The summed E-state index contributed by atoms with van der Waals surface area (Å²) in [6.45, 7) is 3.75. The lowest BCUT2D eigenvalue weighted by molar-refractivity contribution is -0.132. The van der Waals surface area contributed by atoms with Crippen LogP contribution in [0.25, 0.3) is 22.2 Å². The molecule has 1 saturated heterocycles. The van der Waals surface area contributed by atoms with Crippen LogP contribution in [0.3, 0.4) is 0 Å². The van der Waals surface area contributed by atoms with Gasteiger partial charge in [-0.2, -0.15) is 0 Å². The van der Waals surface area contributed by atoms with Gasteiger partial charge in [-0.25, -0.2) is 4.98 Å². The summed E-state index contributed by atoms with van der Waals surface area (Å²) in [6, 6.07) is 24.6. The molecule has 1 unspecified atom stereocenters. The standard InChI is InChI=1S/C33H24BrN5O3S2/c1-18-7-6-16-38-19(2)26(35-30(18)38)28(40)25-27(21-12-14-23(34)15-13-21)39(31(42)29(25)41)32-36-37-33(44-32)43-17-22-10-5-9-20-8-3-4-11-24(20)22/h3-16,27,40H,17H2,1-2H3. The second kappa shape index (κ2) is 11.3. The minimum Gasteiger partial charge on any atom is -0.505 e. The molecule has 7 rings (SSSR count). The number of aryl methyl sites for hydroxylation is 2. The van der Waals surface area contributed by atoms with E-state index in [4.69, 9.17) is 0 Å². The fourth-order valence-electron chi connectivity index (χ4n) is 5.58. The molecular weight excluding hydrogens is 658 g/mol. The minimum absolute atomic E-state index is 0.0401. The van der Waals surface area contributed by atoms with Crippen LogP contribution < -0.4 is 4.90 Å². The number of aliphatic hydroxyl groups is 1. The summed E-state index contributed by atoms with van der Waals surface area (Å²) in [5, 5.41) is 23.0. The number of pyridine rings is 1. The van der Waals surface area contributed by atoms with E-state index < -0.39 is 17.7 Å². The third-order valence-corrected chi connectivity index (χ3v) is 10.4. The number of nitrogens with zero attached hydrogens (tertiary/aromatic N) is 5. The summed E-state index contributed by atoms with van der Waals surface area (Å²) < 4.78 is 3.36. The molecule has 1 fully saturated rings. The minimum atomic E-state index is -0.919. The molecule has 0 bridgehead atoms. The topological polar surface area (TPSA) is 101 Å². The molecule has 3 aromatic heterocycles. The van der Waals surface area contributed by atoms with E-state index in [9.17, 15) is 14.7 Å². The van der Waals surface area contributed by atoms with Crippen LogP contribution in [0.15, 0.2) is 99.4 Å². The Morgan fingerprint density at radius 1 is 0.977 bits per heavy atom. The molecule has 8 nitrogen and oxygen atoms in total. The Kier molecular flexibility index (Phi) is 7.31.